The number of carboxylic acids is 1. The molecule has 0 aromatic heterocycles. The van der Waals surface area contributed by atoms with Crippen molar-refractivity contribution in [1.29, 1.82) is 0 Å². The third-order valence-electron chi connectivity index (χ3n) is 1.95. The Bertz CT molecular complexity index is 352. The highest BCUT2D eigenvalue weighted by molar-refractivity contribution is 5.85. The molecule has 0 radical (unpaired) electrons. The van der Waals surface area contributed by atoms with Crippen molar-refractivity contribution in [2.45, 2.75) is 27.7 Å². The first-order chi connectivity index (χ1) is 7.09. The fourth-order valence-corrected chi connectivity index (χ4v) is 1.04. The van der Waals surface area contributed by atoms with Crippen LogP contribution in [-0.2, 0) is 4.79 Å². The fourth-order valence-electron chi connectivity index (χ4n) is 1.04. The van der Waals surface area contributed by atoms with Crippen molar-refractivity contribution in [2.24, 2.45) is 0 Å². The lowest BCUT2D eigenvalue weighted by molar-refractivity contribution is -0.131. The van der Waals surface area contributed by atoms with Crippen LogP contribution in [0.1, 0.15) is 30.5 Å². The Morgan fingerprint density at radius 2 is 1.80 bits per heavy atom. The monoisotopic (exact) mass is 206 g/mol. The lowest BCUT2D eigenvalue weighted by Crippen LogP contribution is -1.86. The molecular weight excluding hydrogens is 188 g/mol. The second-order valence-electron chi connectivity index (χ2n) is 3.02. The van der Waals surface area contributed by atoms with Crippen molar-refractivity contribution in [1.82, 2.24) is 0 Å². The molecule has 0 atom stereocenters. The van der Waals surface area contributed by atoms with Gasteiger partial charge in [-0.25, -0.2) is 4.79 Å². The van der Waals surface area contributed by atoms with E-state index >= 15 is 0 Å². The number of rotatable bonds is 2. The van der Waals surface area contributed by atoms with E-state index < -0.39 is 5.97 Å². The molecule has 0 heterocycles. The van der Waals surface area contributed by atoms with Crippen molar-refractivity contribution >= 4 is 12.0 Å². The van der Waals surface area contributed by atoms with Gasteiger partial charge in [-0.3, -0.25) is 0 Å². The molecule has 82 valence electrons. The molecule has 15 heavy (non-hydrogen) atoms. The molecule has 0 aliphatic rings. The summed E-state index contributed by atoms with van der Waals surface area (Å²) in [6, 6.07) is 5.85. The highest BCUT2D eigenvalue weighted by atomic mass is 16.4. The summed E-state index contributed by atoms with van der Waals surface area (Å²) in [6.45, 7) is 8.04. The van der Waals surface area contributed by atoms with Crippen molar-refractivity contribution in [3.63, 3.8) is 0 Å². The Balaban J connectivity index is 0.000000921. The van der Waals surface area contributed by atoms with Gasteiger partial charge in [0.25, 0.3) is 0 Å². The van der Waals surface area contributed by atoms with E-state index in [0.717, 1.165) is 11.6 Å². The molecule has 0 saturated carbocycles. The standard InChI is InChI=1S/C11H12O2.C2H6/c1-8-3-4-10(7-9(8)2)5-6-11(12)13;1-2/h3-7H,1-2H3,(H,12,13);1-2H3/b6-5+;. The molecule has 0 amide bonds. The van der Waals surface area contributed by atoms with Gasteiger partial charge < -0.3 is 5.11 Å². The largest absolute Gasteiger partial charge is 0.478 e. The first-order valence-electron chi connectivity index (χ1n) is 5.08. The lowest BCUT2D eigenvalue weighted by atomic mass is 10.1. The molecule has 0 saturated heterocycles. The number of carbonyl (C=O) groups is 1. The van der Waals surface area contributed by atoms with E-state index in [0.29, 0.717) is 0 Å². The summed E-state index contributed by atoms with van der Waals surface area (Å²) in [5.41, 5.74) is 3.31. The van der Waals surface area contributed by atoms with Gasteiger partial charge in [0.1, 0.15) is 0 Å². The van der Waals surface area contributed by atoms with Crippen LogP contribution in [0.15, 0.2) is 24.3 Å². The molecule has 0 aliphatic carbocycles. The SMILES string of the molecule is CC.Cc1ccc(/C=C/C(=O)O)cc1C. The van der Waals surface area contributed by atoms with Gasteiger partial charge in [-0.15, -0.1) is 0 Å². The molecule has 1 N–H and O–H groups in total. The quantitative estimate of drug-likeness (QED) is 0.753. The molecular formula is C13H18O2. The summed E-state index contributed by atoms with van der Waals surface area (Å²) in [5.74, 6) is -0.918. The number of carboxylic acid groups (broad SMARTS) is 1. The summed E-state index contributed by atoms with van der Waals surface area (Å²) in [4.78, 5) is 10.2. The highest BCUT2D eigenvalue weighted by Gasteiger charge is 1.93. The molecule has 0 aliphatic heterocycles. The second kappa shape index (κ2) is 6.82. The average Bonchev–Trinajstić information content (AvgIpc) is 2.23. The van der Waals surface area contributed by atoms with Gasteiger partial charge in [0.15, 0.2) is 0 Å². The maximum absolute atomic E-state index is 10.2. The van der Waals surface area contributed by atoms with E-state index in [4.69, 9.17) is 5.11 Å². The van der Waals surface area contributed by atoms with Crippen LogP contribution < -0.4 is 0 Å². The predicted octanol–water partition coefficient (Wildman–Crippen LogP) is 3.43. The Morgan fingerprint density at radius 3 is 2.27 bits per heavy atom. The zero-order valence-electron chi connectivity index (χ0n) is 9.74. The molecule has 0 bridgehead atoms. The van der Waals surface area contributed by atoms with Crippen LogP contribution in [-0.4, -0.2) is 11.1 Å². The predicted molar refractivity (Wildman–Crippen MR) is 63.9 cm³/mol. The van der Waals surface area contributed by atoms with Crippen LogP contribution in [0.4, 0.5) is 0 Å². The van der Waals surface area contributed by atoms with Crippen molar-refractivity contribution in [2.75, 3.05) is 0 Å². The van der Waals surface area contributed by atoms with Crippen LogP contribution in [0.5, 0.6) is 0 Å². The molecule has 2 heteroatoms. The third-order valence-corrected chi connectivity index (χ3v) is 1.95. The van der Waals surface area contributed by atoms with Gasteiger partial charge in [-0.1, -0.05) is 32.0 Å². The lowest BCUT2D eigenvalue weighted by Gasteiger charge is -1.99. The number of hydrogen-bond acceptors (Lipinski definition) is 1. The van der Waals surface area contributed by atoms with E-state index in [1.54, 1.807) is 6.08 Å². The Labute approximate surface area is 91.3 Å². The van der Waals surface area contributed by atoms with Gasteiger partial charge in [-0.2, -0.15) is 0 Å². The minimum absolute atomic E-state index is 0.918. The molecule has 0 spiro atoms. The van der Waals surface area contributed by atoms with E-state index in [1.807, 2.05) is 45.9 Å². The van der Waals surface area contributed by atoms with Crippen molar-refractivity contribution in [3.05, 3.63) is 41.0 Å². The molecule has 1 aromatic carbocycles. The van der Waals surface area contributed by atoms with Gasteiger partial charge in [0.2, 0.25) is 0 Å². The first kappa shape index (κ1) is 13.4. The summed E-state index contributed by atoms with van der Waals surface area (Å²) in [6.07, 6.45) is 2.74. The Kier molecular flexibility index (Phi) is 6.11. The second-order valence-corrected chi connectivity index (χ2v) is 3.02. The number of benzene rings is 1. The Hall–Kier alpha value is -1.57. The van der Waals surface area contributed by atoms with Gasteiger partial charge in [-0.05, 0) is 36.6 Å². The normalized spacial score (nSPS) is 9.60. The van der Waals surface area contributed by atoms with Gasteiger partial charge in [0.05, 0.1) is 0 Å². The third kappa shape index (κ3) is 5.01. The van der Waals surface area contributed by atoms with Crippen LogP contribution in [0.25, 0.3) is 6.08 Å². The van der Waals surface area contributed by atoms with Crippen molar-refractivity contribution in [3.8, 4) is 0 Å². The summed E-state index contributed by atoms with van der Waals surface area (Å²) in [5, 5.41) is 8.41. The summed E-state index contributed by atoms with van der Waals surface area (Å²) < 4.78 is 0. The number of aryl methyl sites for hydroxylation is 2. The summed E-state index contributed by atoms with van der Waals surface area (Å²) >= 11 is 0. The Morgan fingerprint density at radius 1 is 1.20 bits per heavy atom. The zero-order valence-corrected chi connectivity index (χ0v) is 9.74. The van der Waals surface area contributed by atoms with Crippen molar-refractivity contribution < 1.29 is 9.90 Å². The number of hydrogen-bond donors (Lipinski definition) is 1. The average molecular weight is 206 g/mol. The molecule has 2 nitrogen and oxygen atoms in total. The summed E-state index contributed by atoms with van der Waals surface area (Å²) in [7, 11) is 0. The smallest absolute Gasteiger partial charge is 0.328 e. The molecule has 0 unspecified atom stereocenters. The van der Waals surface area contributed by atoms with Gasteiger partial charge in [0, 0.05) is 6.08 Å². The van der Waals surface area contributed by atoms with Crippen LogP contribution in [0.3, 0.4) is 0 Å². The molecule has 1 rings (SSSR count). The van der Waals surface area contributed by atoms with E-state index in [2.05, 4.69) is 0 Å². The minimum Gasteiger partial charge on any atom is -0.478 e. The maximum atomic E-state index is 10.2. The van der Waals surface area contributed by atoms with Gasteiger partial charge >= 0.3 is 5.97 Å². The first-order valence-corrected chi connectivity index (χ1v) is 5.08. The van der Waals surface area contributed by atoms with Crippen LogP contribution in [0.2, 0.25) is 0 Å². The zero-order chi connectivity index (χ0) is 11.8. The number of aliphatic carboxylic acids is 1. The van der Waals surface area contributed by atoms with E-state index in [1.165, 1.54) is 11.1 Å². The highest BCUT2D eigenvalue weighted by Crippen LogP contribution is 2.10. The maximum Gasteiger partial charge on any atom is 0.328 e. The van der Waals surface area contributed by atoms with E-state index in [9.17, 15) is 4.79 Å². The fraction of sp³-hybridized carbons (Fsp3) is 0.308. The van der Waals surface area contributed by atoms with Crippen LogP contribution >= 0.6 is 0 Å². The minimum atomic E-state index is -0.918. The van der Waals surface area contributed by atoms with Crippen LogP contribution in [0, 0.1) is 13.8 Å². The molecule has 0 fully saturated rings. The topological polar surface area (TPSA) is 37.3 Å². The van der Waals surface area contributed by atoms with E-state index in [-0.39, 0.29) is 0 Å². The molecule has 1 aromatic rings.